The lowest BCUT2D eigenvalue weighted by atomic mass is 10.1. The summed E-state index contributed by atoms with van der Waals surface area (Å²) >= 11 is 6.10. The van der Waals surface area contributed by atoms with E-state index in [0.717, 1.165) is 5.56 Å². The van der Waals surface area contributed by atoms with Crippen LogP contribution in [0.2, 0.25) is 5.02 Å². The summed E-state index contributed by atoms with van der Waals surface area (Å²) in [5.41, 5.74) is 8.46. The molecular weight excluding hydrogens is 341 g/mol. The number of anilines is 1. The number of nitrogen functional groups attached to an aromatic ring is 1. The number of carbonyl (C=O) groups excluding carboxylic acids is 1. The molecule has 0 atom stereocenters. The fourth-order valence-corrected chi connectivity index (χ4v) is 3.28. The molecule has 2 N–H and O–H groups in total. The minimum atomic E-state index is -0.290. The summed E-state index contributed by atoms with van der Waals surface area (Å²) in [6.07, 6.45) is 0. The van der Waals surface area contributed by atoms with Crippen molar-refractivity contribution in [3.63, 3.8) is 0 Å². The van der Waals surface area contributed by atoms with Crippen molar-refractivity contribution in [2.75, 3.05) is 31.9 Å². The molecule has 0 aromatic heterocycles. The van der Waals surface area contributed by atoms with Gasteiger partial charge in [-0.15, -0.1) is 0 Å². The third-order valence-corrected chi connectivity index (χ3v) is 4.95. The Labute approximate surface area is 152 Å². The van der Waals surface area contributed by atoms with E-state index in [1.807, 2.05) is 17.9 Å². The maximum absolute atomic E-state index is 13.9. The maximum atomic E-state index is 13.9. The van der Waals surface area contributed by atoms with Crippen molar-refractivity contribution in [1.82, 2.24) is 9.80 Å². The Morgan fingerprint density at radius 1 is 1.20 bits per heavy atom. The molecule has 0 aliphatic carbocycles. The molecular formula is C19H21ClFN3O. The second kappa shape index (κ2) is 7.42. The monoisotopic (exact) mass is 361 g/mol. The van der Waals surface area contributed by atoms with E-state index in [2.05, 4.69) is 4.90 Å². The minimum absolute atomic E-state index is 0.00614. The zero-order chi connectivity index (χ0) is 18.0. The summed E-state index contributed by atoms with van der Waals surface area (Å²) in [5.74, 6) is -0.297. The molecule has 2 aromatic carbocycles. The average molecular weight is 362 g/mol. The molecule has 1 aliphatic heterocycles. The highest BCUT2D eigenvalue weighted by atomic mass is 35.5. The summed E-state index contributed by atoms with van der Waals surface area (Å²) in [6, 6.07) is 10.1. The Kier molecular flexibility index (Phi) is 5.25. The number of aryl methyl sites for hydroxylation is 1. The van der Waals surface area contributed by atoms with Gasteiger partial charge in [0.2, 0.25) is 0 Å². The third kappa shape index (κ3) is 3.94. The smallest absolute Gasteiger partial charge is 0.254 e. The standard InChI is InChI=1S/C19H21ClFN3O/c1-13-5-6-14(22)11-15(13)19(25)24-9-7-23(8-10-24)12-16-17(20)3-2-4-18(16)21/h2-6,11H,7-10,12,22H2,1H3. The molecule has 1 aliphatic rings. The largest absolute Gasteiger partial charge is 0.399 e. The van der Waals surface area contributed by atoms with Crippen LogP contribution >= 0.6 is 11.6 Å². The average Bonchev–Trinajstić information content (AvgIpc) is 2.60. The number of halogens is 2. The third-order valence-electron chi connectivity index (χ3n) is 4.59. The van der Waals surface area contributed by atoms with Gasteiger partial charge < -0.3 is 10.6 Å². The van der Waals surface area contributed by atoms with Crippen molar-refractivity contribution in [3.05, 3.63) is 63.9 Å². The van der Waals surface area contributed by atoms with Crippen LogP contribution in [0.4, 0.5) is 10.1 Å². The summed E-state index contributed by atoms with van der Waals surface area (Å²) in [5, 5.41) is 0.439. The van der Waals surface area contributed by atoms with Gasteiger partial charge in [-0.25, -0.2) is 4.39 Å². The Morgan fingerprint density at radius 3 is 2.60 bits per heavy atom. The van der Waals surface area contributed by atoms with Crippen LogP contribution in [0.25, 0.3) is 0 Å². The molecule has 1 saturated heterocycles. The van der Waals surface area contributed by atoms with E-state index in [1.54, 1.807) is 24.3 Å². The van der Waals surface area contributed by atoms with E-state index in [4.69, 9.17) is 17.3 Å². The highest BCUT2D eigenvalue weighted by Crippen LogP contribution is 2.22. The van der Waals surface area contributed by atoms with E-state index in [1.165, 1.54) is 6.07 Å². The molecule has 0 spiro atoms. The van der Waals surface area contributed by atoms with Gasteiger partial charge in [0.1, 0.15) is 5.82 Å². The van der Waals surface area contributed by atoms with E-state index < -0.39 is 0 Å². The number of nitrogens with two attached hydrogens (primary N) is 1. The normalized spacial score (nSPS) is 15.4. The molecule has 0 saturated carbocycles. The molecule has 3 rings (SSSR count). The molecule has 132 valence electrons. The Hall–Kier alpha value is -2.11. The van der Waals surface area contributed by atoms with Gasteiger partial charge in [-0.1, -0.05) is 23.7 Å². The summed E-state index contributed by atoms with van der Waals surface area (Å²) in [7, 11) is 0. The quantitative estimate of drug-likeness (QED) is 0.853. The molecule has 0 radical (unpaired) electrons. The van der Waals surface area contributed by atoms with Gasteiger partial charge in [0.15, 0.2) is 0 Å². The first kappa shape index (κ1) is 17.7. The van der Waals surface area contributed by atoms with Gasteiger partial charge in [0, 0.05) is 54.6 Å². The van der Waals surface area contributed by atoms with Crippen molar-refractivity contribution in [2.24, 2.45) is 0 Å². The molecule has 0 bridgehead atoms. The topological polar surface area (TPSA) is 49.6 Å². The summed E-state index contributed by atoms with van der Waals surface area (Å²) in [6.45, 7) is 4.90. The lowest BCUT2D eigenvalue weighted by Gasteiger charge is -2.35. The predicted octanol–water partition coefficient (Wildman–Crippen LogP) is 3.33. The van der Waals surface area contributed by atoms with Crippen molar-refractivity contribution in [1.29, 1.82) is 0 Å². The summed E-state index contributed by atoms with van der Waals surface area (Å²) < 4.78 is 13.9. The predicted molar refractivity (Wildman–Crippen MR) is 98.2 cm³/mol. The number of rotatable bonds is 3. The van der Waals surface area contributed by atoms with E-state index in [0.29, 0.717) is 54.6 Å². The fraction of sp³-hybridized carbons (Fsp3) is 0.316. The Morgan fingerprint density at radius 2 is 1.92 bits per heavy atom. The van der Waals surface area contributed by atoms with Crippen molar-refractivity contribution >= 4 is 23.2 Å². The molecule has 0 unspecified atom stereocenters. The van der Waals surface area contributed by atoms with Crippen LogP contribution in [0, 0.1) is 12.7 Å². The first-order valence-corrected chi connectivity index (χ1v) is 8.64. The first-order chi connectivity index (χ1) is 12.0. The van der Waals surface area contributed by atoms with Crippen LogP contribution in [0.1, 0.15) is 21.5 Å². The molecule has 1 heterocycles. The maximum Gasteiger partial charge on any atom is 0.254 e. The highest BCUT2D eigenvalue weighted by Gasteiger charge is 2.24. The van der Waals surface area contributed by atoms with Gasteiger partial charge in [-0.05, 0) is 36.8 Å². The number of benzene rings is 2. The molecule has 6 heteroatoms. The van der Waals surface area contributed by atoms with Crippen molar-refractivity contribution in [3.8, 4) is 0 Å². The number of carbonyl (C=O) groups is 1. The zero-order valence-corrected chi connectivity index (χ0v) is 14.9. The van der Waals surface area contributed by atoms with Crippen LogP contribution in [0.5, 0.6) is 0 Å². The van der Waals surface area contributed by atoms with E-state index in [9.17, 15) is 9.18 Å². The number of amides is 1. The van der Waals surface area contributed by atoms with Gasteiger partial charge in [-0.3, -0.25) is 9.69 Å². The Bertz CT molecular complexity index is 768. The van der Waals surface area contributed by atoms with Crippen LogP contribution in [-0.4, -0.2) is 41.9 Å². The molecule has 25 heavy (non-hydrogen) atoms. The van der Waals surface area contributed by atoms with E-state index in [-0.39, 0.29) is 11.7 Å². The van der Waals surface area contributed by atoms with Crippen molar-refractivity contribution < 1.29 is 9.18 Å². The Balaban J connectivity index is 1.64. The first-order valence-electron chi connectivity index (χ1n) is 8.26. The number of hydrogen-bond donors (Lipinski definition) is 1. The second-order valence-electron chi connectivity index (χ2n) is 6.34. The summed E-state index contributed by atoms with van der Waals surface area (Å²) in [4.78, 5) is 16.6. The second-order valence-corrected chi connectivity index (χ2v) is 6.75. The highest BCUT2D eigenvalue weighted by molar-refractivity contribution is 6.31. The zero-order valence-electron chi connectivity index (χ0n) is 14.1. The van der Waals surface area contributed by atoms with Crippen molar-refractivity contribution in [2.45, 2.75) is 13.5 Å². The molecule has 1 fully saturated rings. The number of hydrogen-bond acceptors (Lipinski definition) is 3. The minimum Gasteiger partial charge on any atom is -0.399 e. The molecule has 1 amide bonds. The number of piperazine rings is 1. The molecule has 4 nitrogen and oxygen atoms in total. The van der Waals surface area contributed by atoms with Crippen LogP contribution in [-0.2, 0) is 6.54 Å². The van der Waals surface area contributed by atoms with Crippen LogP contribution < -0.4 is 5.73 Å². The lowest BCUT2D eigenvalue weighted by molar-refractivity contribution is 0.0626. The lowest BCUT2D eigenvalue weighted by Crippen LogP contribution is -2.48. The number of nitrogens with zero attached hydrogens (tertiary/aromatic N) is 2. The van der Waals surface area contributed by atoms with Crippen LogP contribution in [0.15, 0.2) is 36.4 Å². The molecule has 2 aromatic rings. The van der Waals surface area contributed by atoms with Gasteiger partial charge in [0.05, 0.1) is 0 Å². The van der Waals surface area contributed by atoms with Gasteiger partial charge in [-0.2, -0.15) is 0 Å². The van der Waals surface area contributed by atoms with Gasteiger partial charge >= 0.3 is 0 Å². The van der Waals surface area contributed by atoms with Gasteiger partial charge in [0.25, 0.3) is 5.91 Å². The van der Waals surface area contributed by atoms with E-state index >= 15 is 0 Å². The van der Waals surface area contributed by atoms with Crippen LogP contribution in [0.3, 0.4) is 0 Å². The SMILES string of the molecule is Cc1ccc(N)cc1C(=O)N1CCN(Cc2c(F)cccc2Cl)CC1. The fourth-order valence-electron chi connectivity index (χ4n) is 3.06.